The van der Waals surface area contributed by atoms with Gasteiger partial charge in [-0.15, -0.1) is 0 Å². The van der Waals surface area contributed by atoms with Gasteiger partial charge in [0.2, 0.25) is 5.91 Å². The molecule has 1 N–H and O–H groups in total. The number of halogens is 1. The van der Waals surface area contributed by atoms with Crippen LogP contribution in [0.25, 0.3) is 11.1 Å². The SMILES string of the molecule is CSNC1CCCN(C(=O)C2CC2c2ccc(F)cc2-c2ccccc2)C1. The predicted molar refractivity (Wildman–Crippen MR) is 109 cm³/mol. The van der Waals surface area contributed by atoms with Crippen LogP contribution < -0.4 is 4.72 Å². The van der Waals surface area contributed by atoms with Gasteiger partial charge in [-0.1, -0.05) is 48.3 Å². The van der Waals surface area contributed by atoms with Crippen molar-refractivity contribution in [1.82, 2.24) is 9.62 Å². The number of nitrogens with zero attached hydrogens (tertiary/aromatic N) is 1. The summed E-state index contributed by atoms with van der Waals surface area (Å²) in [6, 6.07) is 15.2. The number of carbonyl (C=O) groups is 1. The van der Waals surface area contributed by atoms with Gasteiger partial charge in [-0.2, -0.15) is 0 Å². The van der Waals surface area contributed by atoms with Crippen LogP contribution in [0, 0.1) is 11.7 Å². The highest BCUT2D eigenvalue weighted by molar-refractivity contribution is 7.96. The summed E-state index contributed by atoms with van der Waals surface area (Å²) >= 11 is 1.62. The summed E-state index contributed by atoms with van der Waals surface area (Å²) in [5.74, 6) is 0.257. The monoisotopic (exact) mass is 384 g/mol. The van der Waals surface area contributed by atoms with E-state index in [2.05, 4.69) is 4.72 Å². The number of hydrogen-bond donors (Lipinski definition) is 1. The molecule has 0 radical (unpaired) electrons. The Morgan fingerprint density at radius 1 is 1.22 bits per heavy atom. The van der Waals surface area contributed by atoms with Crippen LogP contribution in [-0.2, 0) is 4.79 Å². The number of nitrogens with one attached hydrogen (secondary N) is 1. The van der Waals surface area contributed by atoms with E-state index in [-0.39, 0.29) is 23.6 Å². The van der Waals surface area contributed by atoms with Crippen molar-refractivity contribution in [2.45, 2.75) is 31.2 Å². The third-order valence-electron chi connectivity index (χ3n) is 5.62. The van der Waals surface area contributed by atoms with Crippen LogP contribution in [-0.4, -0.2) is 36.2 Å². The Morgan fingerprint density at radius 3 is 2.81 bits per heavy atom. The Balaban J connectivity index is 1.51. The van der Waals surface area contributed by atoms with Crippen molar-refractivity contribution >= 4 is 17.9 Å². The molecule has 3 unspecified atom stereocenters. The quantitative estimate of drug-likeness (QED) is 0.773. The third-order valence-corrected chi connectivity index (χ3v) is 6.19. The molecule has 2 aliphatic rings. The number of amides is 1. The number of likely N-dealkylation sites (tertiary alicyclic amines) is 1. The van der Waals surface area contributed by atoms with E-state index < -0.39 is 0 Å². The molecular formula is C22H25FN2OS. The zero-order valence-corrected chi connectivity index (χ0v) is 16.3. The predicted octanol–water partition coefficient (Wildman–Crippen LogP) is 4.45. The van der Waals surface area contributed by atoms with Crippen molar-refractivity contribution < 1.29 is 9.18 Å². The van der Waals surface area contributed by atoms with E-state index in [4.69, 9.17) is 0 Å². The summed E-state index contributed by atoms with van der Waals surface area (Å²) in [4.78, 5) is 15.0. The highest BCUT2D eigenvalue weighted by Gasteiger charge is 2.47. The molecule has 1 saturated heterocycles. The van der Waals surface area contributed by atoms with Crippen LogP contribution in [0.1, 0.15) is 30.7 Å². The minimum Gasteiger partial charge on any atom is -0.341 e. The zero-order chi connectivity index (χ0) is 18.8. The lowest BCUT2D eigenvalue weighted by atomic mass is 9.95. The minimum absolute atomic E-state index is 0.0333. The zero-order valence-electron chi connectivity index (χ0n) is 15.5. The first-order valence-electron chi connectivity index (χ1n) is 9.59. The summed E-state index contributed by atoms with van der Waals surface area (Å²) in [6.07, 6.45) is 5.06. The first-order chi connectivity index (χ1) is 13.2. The van der Waals surface area contributed by atoms with Crippen LogP contribution >= 0.6 is 11.9 Å². The van der Waals surface area contributed by atoms with Crippen molar-refractivity contribution in [3.8, 4) is 11.1 Å². The second-order valence-electron chi connectivity index (χ2n) is 7.49. The van der Waals surface area contributed by atoms with Gasteiger partial charge in [0, 0.05) is 25.0 Å². The third kappa shape index (κ3) is 4.04. The molecule has 3 atom stereocenters. The van der Waals surface area contributed by atoms with Gasteiger partial charge in [0.25, 0.3) is 0 Å². The molecule has 0 spiro atoms. The van der Waals surface area contributed by atoms with Gasteiger partial charge in [0.05, 0.1) is 0 Å². The molecule has 4 rings (SSSR count). The minimum atomic E-state index is -0.233. The summed E-state index contributed by atoms with van der Waals surface area (Å²) in [6.45, 7) is 1.64. The molecule has 1 heterocycles. The highest BCUT2D eigenvalue weighted by Crippen LogP contribution is 2.51. The van der Waals surface area contributed by atoms with E-state index in [1.165, 1.54) is 6.07 Å². The van der Waals surface area contributed by atoms with E-state index in [1.807, 2.05) is 47.6 Å². The Kier molecular flexibility index (Phi) is 5.50. The number of carbonyl (C=O) groups excluding carboxylic acids is 1. The van der Waals surface area contributed by atoms with Gasteiger partial charge >= 0.3 is 0 Å². The maximum atomic E-state index is 13.9. The Morgan fingerprint density at radius 2 is 2.04 bits per heavy atom. The lowest BCUT2D eigenvalue weighted by molar-refractivity contribution is -0.133. The lowest BCUT2D eigenvalue weighted by Gasteiger charge is -2.33. The van der Waals surface area contributed by atoms with Crippen molar-refractivity contribution in [2.24, 2.45) is 5.92 Å². The smallest absolute Gasteiger partial charge is 0.226 e. The van der Waals surface area contributed by atoms with E-state index >= 15 is 0 Å². The summed E-state index contributed by atoms with van der Waals surface area (Å²) in [5.41, 5.74) is 3.01. The van der Waals surface area contributed by atoms with Gasteiger partial charge in [0.15, 0.2) is 0 Å². The van der Waals surface area contributed by atoms with Crippen molar-refractivity contribution in [3.05, 3.63) is 59.9 Å². The maximum absolute atomic E-state index is 13.9. The van der Waals surface area contributed by atoms with Crippen molar-refractivity contribution in [1.29, 1.82) is 0 Å². The summed E-state index contributed by atoms with van der Waals surface area (Å²) < 4.78 is 17.3. The standard InChI is InChI=1S/C22H25FN2OS/c1-27-24-17-8-5-11-25(14-17)22(26)21-13-20(21)18-10-9-16(23)12-19(18)15-6-3-2-4-7-15/h2-4,6-7,9-10,12,17,20-21,24H,5,8,11,13-14H2,1H3. The van der Waals surface area contributed by atoms with E-state index in [0.717, 1.165) is 49.0 Å². The van der Waals surface area contributed by atoms with Crippen LogP contribution in [0.2, 0.25) is 0 Å². The lowest BCUT2D eigenvalue weighted by Crippen LogP contribution is -2.46. The molecule has 3 nitrogen and oxygen atoms in total. The second kappa shape index (κ2) is 8.03. The molecule has 27 heavy (non-hydrogen) atoms. The van der Waals surface area contributed by atoms with Gasteiger partial charge < -0.3 is 4.90 Å². The molecule has 1 saturated carbocycles. The van der Waals surface area contributed by atoms with Gasteiger partial charge in [0.1, 0.15) is 5.82 Å². The molecule has 2 aromatic carbocycles. The molecule has 2 aromatic rings. The van der Waals surface area contributed by atoms with E-state index in [1.54, 1.807) is 18.0 Å². The van der Waals surface area contributed by atoms with E-state index in [9.17, 15) is 9.18 Å². The average molecular weight is 385 g/mol. The first kappa shape index (κ1) is 18.5. The average Bonchev–Trinajstić information content (AvgIpc) is 3.49. The second-order valence-corrected chi connectivity index (χ2v) is 8.14. The Bertz CT molecular complexity index is 811. The molecule has 2 fully saturated rings. The topological polar surface area (TPSA) is 32.3 Å². The van der Waals surface area contributed by atoms with Crippen LogP contribution in [0.15, 0.2) is 48.5 Å². The fourth-order valence-electron chi connectivity index (χ4n) is 4.21. The largest absolute Gasteiger partial charge is 0.341 e. The van der Waals surface area contributed by atoms with Gasteiger partial charge in [-0.25, -0.2) is 4.39 Å². The van der Waals surface area contributed by atoms with Crippen LogP contribution in [0.4, 0.5) is 4.39 Å². The summed E-state index contributed by atoms with van der Waals surface area (Å²) in [5, 5.41) is 0. The molecular weight excluding hydrogens is 359 g/mol. The van der Waals surface area contributed by atoms with Crippen molar-refractivity contribution in [3.63, 3.8) is 0 Å². The van der Waals surface area contributed by atoms with Crippen LogP contribution in [0.5, 0.6) is 0 Å². The first-order valence-corrected chi connectivity index (χ1v) is 10.8. The Labute approximate surface area is 164 Å². The maximum Gasteiger partial charge on any atom is 0.226 e. The number of piperidine rings is 1. The normalized spacial score (nSPS) is 24.7. The number of rotatable bonds is 5. The highest BCUT2D eigenvalue weighted by atomic mass is 32.2. The fourth-order valence-corrected chi connectivity index (χ4v) is 4.73. The van der Waals surface area contributed by atoms with Crippen molar-refractivity contribution in [2.75, 3.05) is 19.3 Å². The number of benzene rings is 2. The van der Waals surface area contributed by atoms with E-state index in [0.29, 0.717) is 6.04 Å². The van der Waals surface area contributed by atoms with Gasteiger partial charge in [-0.3, -0.25) is 9.52 Å². The molecule has 0 aromatic heterocycles. The fraction of sp³-hybridized carbons (Fsp3) is 0.409. The van der Waals surface area contributed by atoms with Crippen LogP contribution in [0.3, 0.4) is 0 Å². The molecule has 0 bridgehead atoms. The van der Waals surface area contributed by atoms with Gasteiger partial charge in [-0.05, 0) is 60.3 Å². The summed E-state index contributed by atoms with van der Waals surface area (Å²) in [7, 11) is 0. The molecule has 1 aliphatic heterocycles. The Hall–Kier alpha value is -1.85. The molecule has 5 heteroatoms. The molecule has 142 valence electrons. The number of hydrogen-bond acceptors (Lipinski definition) is 3. The molecule has 1 aliphatic carbocycles. The molecule has 1 amide bonds.